The summed E-state index contributed by atoms with van der Waals surface area (Å²) in [6.07, 6.45) is 2.29. The number of nitrogens with zero attached hydrogens (tertiary/aromatic N) is 1. The van der Waals surface area contributed by atoms with Gasteiger partial charge in [-0.05, 0) is 42.7 Å². The van der Waals surface area contributed by atoms with E-state index in [1.807, 2.05) is 12.1 Å². The fourth-order valence-corrected chi connectivity index (χ4v) is 3.14. The number of fused-ring (bicyclic) bond motifs is 1. The molecule has 0 spiro atoms. The fraction of sp³-hybridized carbons (Fsp3) is 0.500. The van der Waals surface area contributed by atoms with Crippen molar-refractivity contribution in [1.82, 2.24) is 4.90 Å². The van der Waals surface area contributed by atoms with E-state index in [2.05, 4.69) is 13.8 Å². The smallest absolute Gasteiger partial charge is 0.261 e. The van der Waals surface area contributed by atoms with Crippen LogP contribution in [0.4, 0.5) is 0 Å². The van der Waals surface area contributed by atoms with Crippen LogP contribution in [0, 0.1) is 17.8 Å². The second-order valence-electron chi connectivity index (χ2n) is 6.11. The minimum Gasteiger partial charge on any atom is -0.274 e. The number of benzene rings is 1. The molecule has 1 aliphatic heterocycles. The minimum atomic E-state index is -0.117. The summed E-state index contributed by atoms with van der Waals surface area (Å²) in [5.74, 6) is 1.73. The number of carbonyl (C=O) groups is 2. The van der Waals surface area contributed by atoms with Crippen LogP contribution in [0.1, 0.15) is 47.4 Å². The van der Waals surface area contributed by atoms with Gasteiger partial charge in [0.2, 0.25) is 0 Å². The van der Waals surface area contributed by atoms with Gasteiger partial charge in [-0.15, -0.1) is 0 Å². The maximum absolute atomic E-state index is 12.2. The molecular formula is C16H19NO2. The Morgan fingerprint density at radius 1 is 1.11 bits per heavy atom. The zero-order valence-electron chi connectivity index (χ0n) is 11.4. The van der Waals surface area contributed by atoms with Crippen LogP contribution in [0.2, 0.25) is 0 Å². The van der Waals surface area contributed by atoms with E-state index in [9.17, 15) is 9.59 Å². The van der Waals surface area contributed by atoms with E-state index < -0.39 is 0 Å². The van der Waals surface area contributed by atoms with Crippen molar-refractivity contribution in [2.45, 2.75) is 26.7 Å². The number of hydrogen-bond donors (Lipinski definition) is 0. The molecule has 0 aromatic heterocycles. The molecule has 1 aromatic carbocycles. The molecule has 2 aliphatic rings. The molecule has 19 heavy (non-hydrogen) atoms. The van der Waals surface area contributed by atoms with Crippen LogP contribution in [0.15, 0.2) is 24.3 Å². The molecule has 0 atom stereocenters. The van der Waals surface area contributed by atoms with Crippen molar-refractivity contribution in [3.8, 4) is 0 Å². The molecule has 0 radical (unpaired) electrons. The van der Waals surface area contributed by atoms with E-state index in [1.54, 1.807) is 12.1 Å². The van der Waals surface area contributed by atoms with Gasteiger partial charge in [0, 0.05) is 6.54 Å². The monoisotopic (exact) mass is 257 g/mol. The molecule has 1 heterocycles. The van der Waals surface area contributed by atoms with E-state index in [4.69, 9.17) is 0 Å². The lowest BCUT2D eigenvalue weighted by Gasteiger charge is -2.39. The summed E-state index contributed by atoms with van der Waals surface area (Å²) < 4.78 is 0. The average Bonchev–Trinajstić information content (AvgIpc) is 2.57. The molecule has 0 bridgehead atoms. The van der Waals surface area contributed by atoms with E-state index in [-0.39, 0.29) is 11.8 Å². The van der Waals surface area contributed by atoms with Crippen LogP contribution in [-0.4, -0.2) is 23.3 Å². The lowest BCUT2D eigenvalue weighted by molar-refractivity contribution is 0.0526. The molecule has 3 nitrogen and oxygen atoms in total. The van der Waals surface area contributed by atoms with Crippen molar-refractivity contribution in [2.24, 2.45) is 17.8 Å². The first-order valence-corrected chi connectivity index (χ1v) is 7.03. The summed E-state index contributed by atoms with van der Waals surface area (Å²) in [6.45, 7) is 5.07. The van der Waals surface area contributed by atoms with Crippen LogP contribution in [0.3, 0.4) is 0 Å². The van der Waals surface area contributed by atoms with Crippen LogP contribution >= 0.6 is 0 Å². The maximum atomic E-state index is 12.2. The summed E-state index contributed by atoms with van der Waals surface area (Å²) in [4.78, 5) is 25.8. The van der Waals surface area contributed by atoms with E-state index in [1.165, 1.54) is 4.90 Å². The highest BCUT2D eigenvalue weighted by Crippen LogP contribution is 2.40. The Hall–Kier alpha value is -1.64. The van der Waals surface area contributed by atoms with Gasteiger partial charge in [-0.25, -0.2) is 0 Å². The molecule has 1 aromatic rings. The first-order chi connectivity index (χ1) is 9.08. The lowest BCUT2D eigenvalue weighted by atomic mass is 9.69. The van der Waals surface area contributed by atoms with Gasteiger partial charge in [0.15, 0.2) is 0 Å². The SMILES string of the molecule is CC(C)C1CC(CN2C(=O)c3ccccc3C2=O)C1. The third-order valence-corrected chi connectivity index (χ3v) is 4.53. The Balaban J connectivity index is 1.69. The van der Waals surface area contributed by atoms with Crippen molar-refractivity contribution in [1.29, 1.82) is 0 Å². The lowest BCUT2D eigenvalue weighted by Crippen LogP contribution is -2.40. The topological polar surface area (TPSA) is 37.4 Å². The first-order valence-electron chi connectivity index (χ1n) is 7.03. The van der Waals surface area contributed by atoms with Gasteiger partial charge in [0.25, 0.3) is 11.8 Å². The second-order valence-corrected chi connectivity index (χ2v) is 6.11. The summed E-state index contributed by atoms with van der Waals surface area (Å²) >= 11 is 0. The molecule has 0 unspecified atom stereocenters. The molecule has 1 saturated carbocycles. The highest BCUT2D eigenvalue weighted by atomic mass is 16.2. The van der Waals surface area contributed by atoms with Crippen LogP contribution in [0.5, 0.6) is 0 Å². The summed E-state index contributed by atoms with van der Waals surface area (Å²) in [6, 6.07) is 7.11. The number of hydrogen-bond acceptors (Lipinski definition) is 2. The highest BCUT2D eigenvalue weighted by molar-refractivity contribution is 6.21. The summed E-state index contributed by atoms with van der Waals surface area (Å²) in [7, 11) is 0. The molecule has 3 heteroatoms. The zero-order chi connectivity index (χ0) is 13.6. The largest absolute Gasteiger partial charge is 0.274 e. The summed E-state index contributed by atoms with van der Waals surface area (Å²) in [5.41, 5.74) is 1.12. The average molecular weight is 257 g/mol. The Bertz CT molecular complexity index is 494. The van der Waals surface area contributed by atoms with Crippen LogP contribution < -0.4 is 0 Å². The van der Waals surface area contributed by atoms with E-state index in [0.29, 0.717) is 29.5 Å². The third kappa shape index (κ3) is 1.97. The van der Waals surface area contributed by atoms with Gasteiger partial charge in [0.05, 0.1) is 11.1 Å². The Labute approximate surface area is 113 Å². The number of carbonyl (C=O) groups excluding carboxylic acids is 2. The van der Waals surface area contributed by atoms with Gasteiger partial charge in [-0.1, -0.05) is 26.0 Å². The third-order valence-electron chi connectivity index (χ3n) is 4.53. The van der Waals surface area contributed by atoms with E-state index >= 15 is 0 Å². The van der Waals surface area contributed by atoms with Crippen molar-refractivity contribution >= 4 is 11.8 Å². The molecule has 1 fully saturated rings. The molecule has 100 valence electrons. The summed E-state index contributed by atoms with van der Waals surface area (Å²) in [5, 5.41) is 0. The van der Waals surface area contributed by atoms with Gasteiger partial charge in [0.1, 0.15) is 0 Å². The number of rotatable bonds is 3. The van der Waals surface area contributed by atoms with Crippen LogP contribution in [-0.2, 0) is 0 Å². The molecule has 2 amide bonds. The van der Waals surface area contributed by atoms with Gasteiger partial charge in [-0.2, -0.15) is 0 Å². The van der Waals surface area contributed by atoms with Gasteiger partial charge >= 0.3 is 0 Å². The van der Waals surface area contributed by atoms with Gasteiger partial charge < -0.3 is 0 Å². The van der Waals surface area contributed by atoms with Crippen molar-refractivity contribution in [2.75, 3.05) is 6.54 Å². The quantitative estimate of drug-likeness (QED) is 0.781. The predicted molar refractivity (Wildman–Crippen MR) is 72.9 cm³/mol. The molecule has 1 aliphatic carbocycles. The Morgan fingerprint density at radius 2 is 1.63 bits per heavy atom. The Kier molecular flexibility index (Phi) is 2.92. The van der Waals surface area contributed by atoms with Crippen molar-refractivity contribution in [3.05, 3.63) is 35.4 Å². The van der Waals surface area contributed by atoms with Gasteiger partial charge in [-0.3, -0.25) is 14.5 Å². The highest BCUT2D eigenvalue weighted by Gasteiger charge is 2.39. The normalized spacial score (nSPS) is 25.7. The first kappa shape index (κ1) is 12.4. The molecule has 0 saturated heterocycles. The van der Waals surface area contributed by atoms with Crippen LogP contribution in [0.25, 0.3) is 0 Å². The number of imide groups is 1. The molecule has 0 N–H and O–H groups in total. The fourth-order valence-electron chi connectivity index (χ4n) is 3.14. The second kappa shape index (κ2) is 4.48. The van der Waals surface area contributed by atoms with Crippen molar-refractivity contribution < 1.29 is 9.59 Å². The minimum absolute atomic E-state index is 0.117. The maximum Gasteiger partial charge on any atom is 0.261 e. The standard InChI is InChI=1S/C16H19NO2/c1-10(2)12-7-11(8-12)9-17-15(18)13-5-3-4-6-14(13)16(17)19/h3-6,10-12H,7-9H2,1-2H3. The molecule has 3 rings (SSSR count). The van der Waals surface area contributed by atoms with E-state index in [0.717, 1.165) is 18.8 Å². The zero-order valence-corrected chi connectivity index (χ0v) is 11.4. The Morgan fingerprint density at radius 3 is 2.11 bits per heavy atom. The number of amides is 2. The molecular weight excluding hydrogens is 238 g/mol. The predicted octanol–water partition coefficient (Wildman–Crippen LogP) is 2.96. The van der Waals surface area contributed by atoms with Crippen molar-refractivity contribution in [3.63, 3.8) is 0 Å².